The Morgan fingerprint density at radius 3 is 1.67 bits per heavy atom. The van der Waals surface area contributed by atoms with Crippen molar-refractivity contribution in [3.63, 3.8) is 0 Å². The minimum Gasteiger partial charge on any atom is -0.662 e. The molecule has 0 unspecified atom stereocenters. The van der Waals surface area contributed by atoms with E-state index < -0.39 is 0 Å². The summed E-state index contributed by atoms with van der Waals surface area (Å²) < 4.78 is 0. The van der Waals surface area contributed by atoms with E-state index in [0.29, 0.717) is 5.41 Å². The Balaban J connectivity index is 0.000000640. The first kappa shape index (κ1) is 9.62. The Hall–Kier alpha value is 0.622. The second-order valence-corrected chi connectivity index (χ2v) is 3.65. The number of nitrogens with zero attached hydrogens (tertiary/aromatic N) is 1. The summed E-state index contributed by atoms with van der Waals surface area (Å²) in [6.07, 6.45) is 0. The van der Waals surface area contributed by atoms with Gasteiger partial charge in [-0.15, -0.1) is 13.1 Å². The third kappa shape index (κ3) is 2.37. The van der Waals surface area contributed by atoms with Crippen molar-refractivity contribution >= 4 is 0 Å². The molecule has 1 heterocycles. The van der Waals surface area contributed by atoms with Crippen molar-refractivity contribution in [3.05, 3.63) is 5.32 Å². The van der Waals surface area contributed by atoms with Crippen molar-refractivity contribution < 1.29 is 20.4 Å². The molecule has 1 nitrogen and oxygen atoms in total. The zero-order valence-electron chi connectivity index (χ0n) is 6.32. The topological polar surface area (TPSA) is 14.1 Å². The smallest absolute Gasteiger partial charge is 0 e. The van der Waals surface area contributed by atoms with Crippen LogP contribution in [-0.4, -0.2) is 13.1 Å². The monoisotopic (exact) mass is 299 g/mol. The van der Waals surface area contributed by atoms with E-state index in [-0.39, 0.29) is 20.4 Å². The summed E-state index contributed by atoms with van der Waals surface area (Å²) in [6.45, 7) is 9.05. The van der Waals surface area contributed by atoms with E-state index in [1.165, 1.54) is 0 Å². The molecule has 0 aromatic rings. The Bertz CT molecular complexity index is 81.4. The Labute approximate surface area is 71.3 Å². The molecule has 2 heteroatoms. The molecular weight excluding hydrogens is 284 g/mol. The molecule has 1 aliphatic rings. The SMILES string of the molecule is CC(C)(C)C1C[N-]C1.[Re]. The van der Waals surface area contributed by atoms with Crippen molar-refractivity contribution in [3.8, 4) is 0 Å². The molecule has 0 bridgehead atoms. The predicted octanol–water partition coefficient (Wildman–Crippen LogP) is 2.03. The van der Waals surface area contributed by atoms with Gasteiger partial charge in [0.1, 0.15) is 0 Å². The van der Waals surface area contributed by atoms with Crippen LogP contribution in [0, 0.1) is 11.3 Å². The standard InChI is InChI=1S/C7H14N.Re/c1-7(2,3)6-4-8-5-6;/h6H,4-5H2,1-3H3;/q-1;. The third-order valence-electron chi connectivity index (χ3n) is 1.92. The van der Waals surface area contributed by atoms with E-state index in [9.17, 15) is 0 Å². The summed E-state index contributed by atoms with van der Waals surface area (Å²) in [5, 5.41) is 4.16. The summed E-state index contributed by atoms with van der Waals surface area (Å²) in [7, 11) is 0. The predicted molar refractivity (Wildman–Crippen MR) is 36.0 cm³/mol. The van der Waals surface area contributed by atoms with Gasteiger partial charge in [0.25, 0.3) is 0 Å². The van der Waals surface area contributed by atoms with Gasteiger partial charge in [-0.25, -0.2) is 0 Å². The van der Waals surface area contributed by atoms with E-state index in [1.807, 2.05) is 0 Å². The summed E-state index contributed by atoms with van der Waals surface area (Å²) in [5.41, 5.74) is 0.502. The van der Waals surface area contributed by atoms with Crippen LogP contribution in [-0.2, 0) is 20.4 Å². The molecule has 0 aromatic carbocycles. The molecule has 1 fully saturated rings. The molecule has 9 heavy (non-hydrogen) atoms. The van der Waals surface area contributed by atoms with Crippen molar-refractivity contribution in [2.24, 2.45) is 11.3 Å². The summed E-state index contributed by atoms with van der Waals surface area (Å²) in [5.74, 6) is 0.863. The van der Waals surface area contributed by atoms with E-state index >= 15 is 0 Å². The van der Waals surface area contributed by atoms with Gasteiger partial charge in [0, 0.05) is 20.4 Å². The van der Waals surface area contributed by atoms with E-state index in [4.69, 9.17) is 0 Å². The minimum atomic E-state index is 0. The van der Waals surface area contributed by atoms with Gasteiger partial charge in [0.2, 0.25) is 0 Å². The fourth-order valence-electron chi connectivity index (χ4n) is 0.806. The molecule has 1 saturated heterocycles. The first-order valence-electron chi connectivity index (χ1n) is 3.24. The van der Waals surface area contributed by atoms with Gasteiger partial charge in [0.15, 0.2) is 0 Å². The normalized spacial score (nSPS) is 20.3. The van der Waals surface area contributed by atoms with Crippen LogP contribution in [0.3, 0.4) is 0 Å². The average molecular weight is 298 g/mol. The Morgan fingerprint density at radius 2 is 1.67 bits per heavy atom. The fourth-order valence-corrected chi connectivity index (χ4v) is 0.806. The van der Waals surface area contributed by atoms with Gasteiger partial charge in [-0.1, -0.05) is 26.7 Å². The van der Waals surface area contributed by atoms with Gasteiger partial charge < -0.3 is 5.32 Å². The molecular formula is C7H14NRe-. The molecule has 1 radical (unpaired) electrons. The van der Waals surface area contributed by atoms with Crippen LogP contribution in [0.15, 0.2) is 0 Å². The Kier molecular flexibility index (Phi) is 3.36. The van der Waals surface area contributed by atoms with Crippen LogP contribution in [0.2, 0.25) is 0 Å². The zero-order chi connectivity index (χ0) is 6.20. The van der Waals surface area contributed by atoms with E-state index in [2.05, 4.69) is 26.1 Å². The molecule has 1 aliphatic heterocycles. The molecule has 0 atom stereocenters. The molecule has 0 amide bonds. The molecule has 0 N–H and O–H groups in total. The van der Waals surface area contributed by atoms with Gasteiger partial charge in [-0.3, -0.25) is 0 Å². The van der Waals surface area contributed by atoms with Gasteiger partial charge in [-0.05, 0) is 5.41 Å². The average Bonchev–Trinajstić information content (AvgIpc) is 1.16. The maximum atomic E-state index is 4.16. The molecule has 55 valence electrons. The maximum absolute atomic E-state index is 4.16. The molecule has 0 saturated carbocycles. The summed E-state index contributed by atoms with van der Waals surface area (Å²) in [6, 6.07) is 0. The molecule has 0 aliphatic carbocycles. The maximum Gasteiger partial charge on any atom is 0 e. The van der Waals surface area contributed by atoms with Crippen molar-refractivity contribution in [2.75, 3.05) is 13.1 Å². The quantitative estimate of drug-likeness (QED) is 0.650. The number of hydrogen-bond donors (Lipinski definition) is 0. The van der Waals surface area contributed by atoms with Gasteiger partial charge in [-0.2, -0.15) is 0 Å². The molecule has 0 aromatic heterocycles. The largest absolute Gasteiger partial charge is 0.662 e. The zero-order valence-corrected chi connectivity index (χ0v) is 9.03. The minimum absolute atomic E-state index is 0. The number of rotatable bonds is 0. The fraction of sp³-hybridized carbons (Fsp3) is 1.00. The van der Waals surface area contributed by atoms with Gasteiger partial charge >= 0.3 is 0 Å². The van der Waals surface area contributed by atoms with Crippen LogP contribution in [0.25, 0.3) is 5.32 Å². The summed E-state index contributed by atoms with van der Waals surface area (Å²) in [4.78, 5) is 0. The van der Waals surface area contributed by atoms with Crippen LogP contribution in [0.4, 0.5) is 0 Å². The summed E-state index contributed by atoms with van der Waals surface area (Å²) >= 11 is 0. The third-order valence-corrected chi connectivity index (χ3v) is 1.92. The van der Waals surface area contributed by atoms with Crippen molar-refractivity contribution in [1.82, 2.24) is 0 Å². The number of hydrogen-bond acceptors (Lipinski definition) is 0. The first-order valence-corrected chi connectivity index (χ1v) is 3.24. The van der Waals surface area contributed by atoms with Crippen LogP contribution < -0.4 is 0 Å². The second-order valence-electron chi connectivity index (χ2n) is 3.65. The van der Waals surface area contributed by atoms with Crippen LogP contribution in [0.5, 0.6) is 0 Å². The van der Waals surface area contributed by atoms with E-state index in [0.717, 1.165) is 19.0 Å². The second kappa shape index (κ2) is 3.14. The first-order chi connectivity index (χ1) is 3.61. The van der Waals surface area contributed by atoms with Gasteiger partial charge in [0.05, 0.1) is 0 Å². The van der Waals surface area contributed by atoms with E-state index in [1.54, 1.807) is 0 Å². The molecule has 1 rings (SSSR count). The van der Waals surface area contributed by atoms with Crippen molar-refractivity contribution in [2.45, 2.75) is 20.8 Å². The Morgan fingerprint density at radius 1 is 1.22 bits per heavy atom. The van der Waals surface area contributed by atoms with Crippen LogP contribution in [0.1, 0.15) is 20.8 Å². The van der Waals surface area contributed by atoms with Crippen LogP contribution >= 0.6 is 0 Å². The molecule has 0 spiro atoms. The van der Waals surface area contributed by atoms with Crippen molar-refractivity contribution in [1.29, 1.82) is 0 Å².